The minimum atomic E-state index is -1.43. The number of aliphatic carboxylic acids is 1. The fourth-order valence-corrected chi connectivity index (χ4v) is 2.47. The highest BCUT2D eigenvalue weighted by molar-refractivity contribution is 5.74. The highest BCUT2D eigenvalue weighted by Gasteiger charge is 2.25. The fraction of sp³-hybridized carbons (Fsp3) is 0.857. The second-order valence-corrected chi connectivity index (χ2v) is 6.01. The number of hydrogen-bond donors (Lipinski definition) is 4. The first-order chi connectivity index (χ1) is 9.82. The number of piperidine rings is 1. The smallest absolute Gasteiger partial charge is 0.314 e. The van der Waals surface area contributed by atoms with E-state index in [0.29, 0.717) is 12.5 Å². The van der Waals surface area contributed by atoms with Crippen molar-refractivity contribution >= 4 is 12.0 Å². The van der Waals surface area contributed by atoms with E-state index in [1.165, 1.54) is 6.92 Å². The average molecular weight is 301 g/mol. The van der Waals surface area contributed by atoms with Gasteiger partial charge in [-0.05, 0) is 45.3 Å². The molecule has 0 bridgehead atoms. The van der Waals surface area contributed by atoms with Gasteiger partial charge in [0.15, 0.2) is 0 Å². The van der Waals surface area contributed by atoms with Crippen molar-refractivity contribution in [1.29, 1.82) is 0 Å². The highest BCUT2D eigenvalue weighted by Crippen LogP contribution is 2.15. The number of carbonyl (C=O) groups excluding carboxylic acids is 1. The van der Waals surface area contributed by atoms with Crippen LogP contribution in [0.4, 0.5) is 4.79 Å². The molecule has 0 aromatic carbocycles. The normalized spacial score (nSPS) is 19.8. The number of nitrogens with zero attached hydrogens (tertiary/aromatic N) is 1. The molecule has 1 aliphatic rings. The van der Waals surface area contributed by atoms with Crippen molar-refractivity contribution in [1.82, 2.24) is 15.5 Å². The van der Waals surface area contributed by atoms with Crippen molar-refractivity contribution in [3.8, 4) is 0 Å². The van der Waals surface area contributed by atoms with E-state index in [4.69, 9.17) is 5.11 Å². The van der Waals surface area contributed by atoms with E-state index in [9.17, 15) is 14.7 Å². The maximum Gasteiger partial charge on any atom is 0.314 e. The van der Waals surface area contributed by atoms with Crippen molar-refractivity contribution in [2.24, 2.45) is 5.92 Å². The molecule has 7 nitrogen and oxygen atoms in total. The summed E-state index contributed by atoms with van der Waals surface area (Å²) in [5.41, 5.74) is -1.43. The monoisotopic (exact) mass is 301 g/mol. The van der Waals surface area contributed by atoms with E-state index in [-0.39, 0.29) is 12.6 Å². The van der Waals surface area contributed by atoms with E-state index in [2.05, 4.69) is 22.5 Å². The van der Waals surface area contributed by atoms with E-state index in [1.54, 1.807) is 0 Å². The zero-order valence-electron chi connectivity index (χ0n) is 12.9. The third-order valence-electron chi connectivity index (χ3n) is 3.87. The van der Waals surface area contributed by atoms with E-state index in [1.807, 2.05) is 0 Å². The lowest BCUT2D eigenvalue weighted by Gasteiger charge is -2.31. The van der Waals surface area contributed by atoms with Crippen molar-refractivity contribution in [2.75, 3.05) is 32.7 Å². The van der Waals surface area contributed by atoms with Crippen LogP contribution < -0.4 is 10.6 Å². The van der Waals surface area contributed by atoms with Crippen molar-refractivity contribution in [3.63, 3.8) is 0 Å². The number of nitrogens with one attached hydrogen (secondary N) is 2. The van der Waals surface area contributed by atoms with Gasteiger partial charge in [-0.3, -0.25) is 4.79 Å². The molecule has 0 radical (unpaired) electrons. The molecule has 1 atom stereocenters. The zero-order chi connectivity index (χ0) is 15.9. The number of carboxylic acids is 1. The Bertz CT molecular complexity index is 352. The first-order valence-corrected chi connectivity index (χ1v) is 7.50. The van der Waals surface area contributed by atoms with Crippen LogP contribution in [0, 0.1) is 5.92 Å². The number of amides is 2. The van der Waals surface area contributed by atoms with Crippen LogP contribution in [-0.4, -0.2) is 65.4 Å². The molecule has 7 heteroatoms. The van der Waals surface area contributed by atoms with Gasteiger partial charge in [-0.25, -0.2) is 4.79 Å². The number of aliphatic hydroxyl groups is 1. The summed E-state index contributed by atoms with van der Waals surface area (Å²) in [5.74, 6) is -0.608. The summed E-state index contributed by atoms with van der Waals surface area (Å²) >= 11 is 0. The number of carboxylic acid groups (broad SMARTS) is 1. The standard InChI is InChI=1S/C14H27N3O4/c1-3-17-6-4-11(5-7-17)9-15-13(20)16-10-14(2,21)8-12(18)19/h11,21H,3-10H2,1-2H3,(H,18,19)(H2,15,16,20). The lowest BCUT2D eigenvalue weighted by molar-refractivity contribution is -0.141. The highest BCUT2D eigenvalue weighted by atomic mass is 16.4. The second kappa shape index (κ2) is 8.19. The number of urea groups is 1. The zero-order valence-corrected chi connectivity index (χ0v) is 12.9. The van der Waals surface area contributed by atoms with Gasteiger partial charge in [0.2, 0.25) is 0 Å². The Morgan fingerprint density at radius 2 is 1.90 bits per heavy atom. The Labute approximate surface area is 125 Å². The molecular weight excluding hydrogens is 274 g/mol. The number of rotatable bonds is 7. The minimum Gasteiger partial charge on any atom is -0.481 e. The van der Waals surface area contributed by atoms with Crippen LogP contribution in [0.15, 0.2) is 0 Å². The average Bonchev–Trinajstić information content (AvgIpc) is 2.42. The first-order valence-electron chi connectivity index (χ1n) is 7.50. The van der Waals surface area contributed by atoms with Gasteiger partial charge in [-0.2, -0.15) is 0 Å². The molecular formula is C14H27N3O4. The van der Waals surface area contributed by atoms with Crippen molar-refractivity contribution < 1.29 is 19.8 Å². The summed E-state index contributed by atoms with van der Waals surface area (Å²) in [6.07, 6.45) is 1.75. The predicted octanol–water partition coefficient (Wildman–Crippen LogP) is 0.243. The van der Waals surface area contributed by atoms with Gasteiger partial charge in [-0.1, -0.05) is 6.92 Å². The maximum absolute atomic E-state index is 11.6. The van der Waals surface area contributed by atoms with Crippen molar-refractivity contribution in [2.45, 2.75) is 38.7 Å². The molecule has 0 aliphatic carbocycles. The number of hydrogen-bond acceptors (Lipinski definition) is 4. The number of carbonyl (C=O) groups is 2. The van der Waals surface area contributed by atoms with Crippen molar-refractivity contribution in [3.05, 3.63) is 0 Å². The Kier molecular flexibility index (Phi) is 6.91. The molecule has 2 amide bonds. The molecule has 1 rings (SSSR count). The first kappa shape index (κ1) is 17.7. The Hall–Kier alpha value is -1.34. The third kappa shape index (κ3) is 7.29. The van der Waals surface area contributed by atoms with Crippen LogP contribution in [0.1, 0.15) is 33.1 Å². The maximum atomic E-state index is 11.6. The number of likely N-dealkylation sites (tertiary alicyclic amines) is 1. The molecule has 4 N–H and O–H groups in total. The molecule has 122 valence electrons. The van der Waals surface area contributed by atoms with Gasteiger partial charge in [-0.15, -0.1) is 0 Å². The predicted molar refractivity (Wildman–Crippen MR) is 79.1 cm³/mol. The van der Waals surface area contributed by atoms with E-state index in [0.717, 1.165) is 32.5 Å². The van der Waals surface area contributed by atoms with Gasteiger partial charge < -0.3 is 25.7 Å². The third-order valence-corrected chi connectivity index (χ3v) is 3.87. The van der Waals surface area contributed by atoms with Gasteiger partial charge in [0.25, 0.3) is 0 Å². The lowest BCUT2D eigenvalue weighted by atomic mass is 9.97. The molecule has 1 saturated heterocycles. The summed E-state index contributed by atoms with van der Waals surface area (Å²) in [6, 6.07) is -0.362. The van der Waals surface area contributed by atoms with Gasteiger partial charge >= 0.3 is 12.0 Å². The molecule has 21 heavy (non-hydrogen) atoms. The summed E-state index contributed by atoms with van der Waals surface area (Å²) in [4.78, 5) is 24.6. The van der Waals surface area contributed by atoms with Crippen LogP contribution in [0.5, 0.6) is 0 Å². The van der Waals surface area contributed by atoms with Crippen LogP contribution >= 0.6 is 0 Å². The quantitative estimate of drug-likeness (QED) is 0.540. The molecule has 0 saturated carbocycles. The summed E-state index contributed by atoms with van der Waals surface area (Å²) in [6.45, 7) is 7.27. The fourth-order valence-electron chi connectivity index (χ4n) is 2.47. The Balaban J connectivity index is 2.18. The van der Waals surface area contributed by atoms with E-state index < -0.39 is 18.0 Å². The summed E-state index contributed by atoms with van der Waals surface area (Å²) in [7, 11) is 0. The van der Waals surface area contributed by atoms with Gasteiger partial charge in [0.05, 0.1) is 12.0 Å². The lowest BCUT2D eigenvalue weighted by Crippen LogP contribution is -2.47. The topological polar surface area (TPSA) is 102 Å². The molecule has 1 heterocycles. The molecule has 0 aromatic rings. The summed E-state index contributed by atoms with van der Waals surface area (Å²) in [5, 5.41) is 23.7. The van der Waals surface area contributed by atoms with Crippen LogP contribution in [0.3, 0.4) is 0 Å². The SMILES string of the molecule is CCN1CCC(CNC(=O)NCC(C)(O)CC(=O)O)CC1. The van der Waals surface area contributed by atoms with Crippen LogP contribution in [-0.2, 0) is 4.79 Å². The molecule has 1 fully saturated rings. The van der Waals surface area contributed by atoms with Crippen LogP contribution in [0.25, 0.3) is 0 Å². The molecule has 0 aromatic heterocycles. The molecule has 1 unspecified atom stereocenters. The van der Waals surface area contributed by atoms with Gasteiger partial charge in [0, 0.05) is 13.1 Å². The van der Waals surface area contributed by atoms with E-state index >= 15 is 0 Å². The van der Waals surface area contributed by atoms with Crippen LogP contribution in [0.2, 0.25) is 0 Å². The second-order valence-electron chi connectivity index (χ2n) is 6.01. The molecule has 0 spiro atoms. The summed E-state index contributed by atoms with van der Waals surface area (Å²) < 4.78 is 0. The van der Waals surface area contributed by atoms with Gasteiger partial charge in [0.1, 0.15) is 0 Å². The molecule has 1 aliphatic heterocycles. The minimum absolute atomic E-state index is 0.0839. The Morgan fingerprint density at radius 1 is 1.29 bits per heavy atom. The largest absolute Gasteiger partial charge is 0.481 e. The Morgan fingerprint density at radius 3 is 2.43 bits per heavy atom.